The summed E-state index contributed by atoms with van der Waals surface area (Å²) >= 11 is 5.99. The summed E-state index contributed by atoms with van der Waals surface area (Å²) in [5.41, 5.74) is 1.52. The van der Waals surface area contributed by atoms with E-state index in [0.29, 0.717) is 22.2 Å². The Morgan fingerprint density at radius 2 is 1.73 bits per heavy atom. The maximum atomic E-state index is 13.5. The molecule has 1 aliphatic heterocycles. The molecule has 0 spiro atoms. The number of amides is 1. The Kier molecular flexibility index (Phi) is 7.68. The van der Waals surface area contributed by atoms with Gasteiger partial charge in [0.2, 0.25) is 10.0 Å². The molecule has 4 rings (SSSR count). The second-order valence-electron chi connectivity index (χ2n) is 8.39. The minimum absolute atomic E-state index is 0.0599. The Hall–Kier alpha value is -3.66. The summed E-state index contributed by atoms with van der Waals surface area (Å²) in [4.78, 5) is 26.5. The van der Waals surface area contributed by atoms with Crippen molar-refractivity contribution in [2.45, 2.75) is 24.9 Å². The SMILES string of the molecule is COC(=O)C1=C(C)N(C)C(=O)/C1=C/c1ccc(CN(Cc2ccc(Cl)cc2)S(=O)(=O)c2ccccc2)o1. The molecule has 2 aromatic carbocycles. The van der Waals surface area contributed by atoms with E-state index in [1.165, 1.54) is 34.5 Å². The minimum Gasteiger partial charge on any atom is -0.465 e. The van der Waals surface area contributed by atoms with Gasteiger partial charge < -0.3 is 14.1 Å². The smallest absolute Gasteiger partial charge is 0.340 e. The molecule has 3 aromatic rings. The van der Waals surface area contributed by atoms with Crippen LogP contribution in [-0.4, -0.2) is 43.7 Å². The van der Waals surface area contributed by atoms with Gasteiger partial charge in [-0.3, -0.25) is 4.79 Å². The van der Waals surface area contributed by atoms with Crippen LogP contribution in [0.25, 0.3) is 6.08 Å². The molecule has 0 saturated carbocycles. The predicted molar refractivity (Wildman–Crippen MR) is 138 cm³/mol. The number of hydrogen-bond acceptors (Lipinski definition) is 6. The summed E-state index contributed by atoms with van der Waals surface area (Å²) in [7, 11) is -1.06. The lowest BCUT2D eigenvalue weighted by Crippen LogP contribution is -2.30. The van der Waals surface area contributed by atoms with E-state index >= 15 is 0 Å². The number of halogens is 1. The summed E-state index contributed by atoms with van der Waals surface area (Å²) in [6.45, 7) is 1.68. The Balaban J connectivity index is 1.66. The average molecular weight is 541 g/mol. The van der Waals surface area contributed by atoms with Crippen molar-refractivity contribution in [1.82, 2.24) is 9.21 Å². The molecular formula is C27H25ClN2O6S. The molecule has 2 heterocycles. The number of carbonyl (C=O) groups is 2. The number of carbonyl (C=O) groups excluding carboxylic acids is 2. The van der Waals surface area contributed by atoms with E-state index < -0.39 is 16.0 Å². The molecule has 37 heavy (non-hydrogen) atoms. The molecule has 1 amide bonds. The number of methoxy groups -OCH3 is 1. The maximum absolute atomic E-state index is 13.5. The highest BCUT2D eigenvalue weighted by molar-refractivity contribution is 7.89. The molecule has 0 atom stereocenters. The van der Waals surface area contributed by atoms with Crippen molar-refractivity contribution in [3.8, 4) is 0 Å². The van der Waals surface area contributed by atoms with Crippen molar-refractivity contribution in [3.05, 3.63) is 106 Å². The van der Waals surface area contributed by atoms with Gasteiger partial charge in [0.1, 0.15) is 11.5 Å². The monoisotopic (exact) mass is 540 g/mol. The number of sulfonamides is 1. The predicted octanol–water partition coefficient (Wildman–Crippen LogP) is 4.63. The molecular weight excluding hydrogens is 516 g/mol. The van der Waals surface area contributed by atoms with Crippen molar-refractivity contribution in [2.75, 3.05) is 14.2 Å². The van der Waals surface area contributed by atoms with Gasteiger partial charge in [0.05, 0.1) is 29.7 Å². The lowest BCUT2D eigenvalue weighted by atomic mass is 10.1. The lowest BCUT2D eigenvalue weighted by Gasteiger charge is -2.21. The van der Waals surface area contributed by atoms with E-state index in [1.54, 1.807) is 68.6 Å². The number of furan rings is 1. The zero-order valence-corrected chi connectivity index (χ0v) is 22.0. The van der Waals surface area contributed by atoms with Crippen LogP contribution < -0.4 is 0 Å². The van der Waals surface area contributed by atoms with Gasteiger partial charge in [-0.05, 0) is 55.0 Å². The molecule has 0 fully saturated rings. The van der Waals surface area contributed by atoms with Gasteiger partial charge in [0.25, 0.3) is 5.91 Å². The van der Waals surface area contributed by atoms with E-state index in [1.807, 2.05) is 0 Å². The Morgan fingerprint density at radius 3 is 2.38 bits per heavy atom. The number of rotatable bonds is 8. The fourth-order valence-corrected chi connectivity index (χ4v) is 5.47. The van der Waals surface area contributed by atoms with E-state index in [4.69, 9.17) is 20.8 Å². The van der Waals surface area contributed by atoms with E-state index in [0.717, 1.165) is 5.56 Å². The summed E-state index contributed by atoms with van der Waals surface area (Å²) < 4.78 is 39.0. The molecule has 10 heteroatoms. The Bertz CT molecular complexity index is 1490. The second-order valence-corrected chi connectivity index (χ2v) is 10.8. The van der Waals surface area contributed by atoms with Gasteiger partial charge in [-0.2, -0.15) is 4.31 Å². The van der Waals surface area contributed by atoms with Gasteiger partial charge in [-0.1, -0.05) is 41.9 Å². The Morgan fingerprint density at radius 1 is 1.05 bits per heavy atom. The van der Waals surface area contributed by atoms with Gasteiger partial charge >= 0.3 is 5.97 Å². The first kappa shape index (κ1) is 26.4. The van der Waals surface area contributed by atoms with Crippen LogP contribution in [0.3, 0.4) is 0 Å². The zero-order chi connectivity index (χ0) is 26.7. The van der Waals surface area contributed by atoms with Crippen molar-refractivity contribution in [2.24, 2.45) is 0 Å². The molecule has 0 unspecified atom stereocenters. The first-order chi connectivity index (χ1) is 17.6. The van der Waals surface area contributed by atoms with Crippen LogP contribution in [0.2, 0.25) is 5.02 Å². The van der Waals surface area contributed by atoms with Crippen molar-refractivity contribution in [3.63, 3.8) is 0 Å². The van der Waals surface area contributed by atoms with Crippen LogP contribution >= 0.6 is 11.6 Å². The van der Waals surface area contributed by atoms with Crippen LogP contribution in [0.15, 0.2) is 92.9 Å². The highest BCUT2D eigenvalue weighted by Gasteiger charge is 2.35. The van der Waals surface area contributed by atoms with Gasteiger partial charge in [0.15, 0.2) is 0 Å². The van der Waals surface area contributed by atoms with Gasteiger partial charge in [-0.15, -0.1) is 0 Å². The standard InChI is InChI=1S/C27H25ClN2O6S/c1-18-25(27(32)35-3)24(26(31)29(18)2)15-21-13-14-22(36-21)17-30(16-19-9-11-20(28)12-10-19)37(33,34)23-7-5-4-6-8-23/h4-15H,16-17H2,1-3H3/b24-15+. The molecule has 8 nitrogen and oxygen atoms in total. The van der Waals surface area contributed by atoms with Crippen molar-refractivity contribution in [1.29, 1.82) is 0 Å². The number of likely N-dealkylation sites (N-methyl/N-ethyl adjacent to an activating group) is 1. The molecule has 1 aromatic heterocycles. The molecule has 0 aliphatic carbocycles. The first-order valence-corrected chi connectivity index (χ1v) is 13.1. The molecule has 192 valence electrons. The largest absolute Gasteiger partial charge is 0.465 e. The fourth-order valence-electron chi connectivity index (χ4n) is 3.93. The summed E-state index contributed by atoms with van der Waals surface area (Å²) in [5, 5.41) is 0.549. The van der Waals surface area contributed by atoms with Crippen LogP contribution in [0.1, 0.15) is 24.0 Å². The third kappa shape index (κ3) is 5.53. The minimum atomic E-state index is -3.87. The number of esters is 1. The highest BCUT2D eigenvalue weighted by Crippen LogP contribution is 2.31. The second kappa shape index (κ2) is 10.8. The van der Waals surface area contributed by atoms with Crippen LogP contribution in [-0.2, 0) is 37.4 Å². The third-order valence-corrected chi connectivity index (χ3v) is 8.07. The van der Waals surface area contributed by atoms with Crippen LogP contribution in [0.5, 0.6) is 0 Å². The number of ether oxygens (including phenoxy) is 1. The van der Waals surface area contributed by atoms with Crippen molar-refractivity contribution < 1.29 is 27.2 Å². The molecule has 1 aliphatic rings. The normalized spacial score (nSPS) is 15.2. The maximum Gasteiger partial charge on any atom is 0.340 e. The summed E-state index contributed by atoms with van der Waals surface area (Å²) in [6, 6.07) is 18.3. The Labute approximate surface area is 220 Å². The topological polar surface area (TPSA) is 97.1 Å². The number of allylic oxidation sites excluding steroid dienone is 1. The van der Waals surface area contributed by atoms with E-state index in [9.17, 15) is 18.0 Å². The molecule has 0 saturated heterocycles. The van der Waals surface area contributed by atoms with Gasteiger partial charge in [-0.25, -0.2) is 13.2 Å². The lowest BCUT2D eigenvalue weighted by molar-refractivity contribution is -0.136. The zero-order valence-electron chi connectivity index (χ0n) is 20.5. The summed E-state index contributed by atoms with van der Waals surface area (Å²) in [5.74, 6) is -0.339. The molecule has 0 N–H and O–H groups in total. The molecule has 0 bridgehead atoms. The average Bonchev–Trinajstić information content (AvgIpc) is 3.42. The van der Waals surface area contributed by atoms with Gasteiger partial charge in [0, 0.05) is 24.3 Å². The third-order valence-electron chi connectivity index (χ3n) is 6.01. The van der Waals surface area contributed by atoms with Crippen LogP contribution in [0, 0.1) is 0 Å². The number of benzene rings is 2. The summed E-state index contributed by atoms with van der Waals surface area (Å²) in [6.07, 6.45) is 1.46. The quantitative estimate of drug-likeness (QED) is 0.305. The molecule has 0 radical (unpaired) electrons. The van der Waals surface area contributed by atoms with Crippen molar-refractivity contribution >= 4 is 39.6 Å². The van der Waals surface area contributed by atoms with E-state index in [-0.39, 0.29) is 35.0 Å². The number of nitrogens with zero attached hydrogens (tertiary/aromatic N) is 2. The number of hydrogen-bond donors (Lipinski definition) is 0. The fraction of sp³-hybridized carbons (Fsp3) is 0.185. The first-order valence-electron chi connectivity index (χ1n) is 11.3. The highest BCUT2D eigenvalue weighted by atomic mass is 35.5. The van der Waals surface area contributed by atoms with E-state index in [2.05, 4.69) is 0 Å². The van der Waals surface area contributed by atoms with Crippen LogP contribution in [0.4, 0.5) is 0 Å².